The van der Waals surface area contributed by atoms with Gasteiger partial charge in [-0.15, -0.1) is 0 Å². The Bertz CT molecular complexity index is 1460. The highest BCUT2D eigenvalue weighted by molar-refractivity contribution is 5.79. The molecule has 0 radical (unpaired) electrons. The van der Waals surface area contributed by atoms with Crippen LogP contribution in [0, 0.1) is 11.3 Å². The summed E-state index contributed by atoms with van der Waals surface area (Å²) in [6.45, 7) is 2.15. The van der Waals surface area contributed by atoms with Gasteiger partial charge in [0.1, 0.15) is 0 Å². The molecule has 0 bridgehead atoms. The molecular formula is C32H27NO. The molecule has 0 amide bonds. The fourth-order valence-electron chi connectivity index (χ4n) is 6.08. The third-order valence-electron chi connectivity index (χ3n) is 7.88. The van der Waals surface area contributed by atoms with E-state index in [1.54, 1.807) is 7.11 Å². The maximum absolute atomic E-state index is 10.4. The zero-order valence-electron chi connectivity index (χ0n) is 19.6. The first-order valence-corrected chi connectivity index (χ1v) is 12.0. The molecule has 2 heteroatoms. The van der Waals surface area contributed by atoms with Gasteiger partial charge in [-0.2, -0.15) is 5.26 Å². The number of hydrogen-bond acceptors (Lipinski definition) is 2. The smallest absolute Gasteiger partial charge is 0.0918 e. The molecule has 2 aliphatic rings. The third kappa shape index (κ3) is 3.12. The normalized spacial score (nSPS) is 15.4. The SMILES string of the molecule is COC(C)(CC(C#N)c1cccc2c1Cc1ccccc1-2)c1cccc2c1Cc1ccccc1-2. The molecule has 0 aliphatic heterocycles. The summed E-state index contributed by atoms with van der Waals surface area (Å²) in [5.74, 6) is -0.256. The first-order chi connectivity index (χ1) is 16.6. The van der Waals surface area contributed by atoms with Crippen LogP contribution in [0.5, 0.6) is 0 Å². The molecule has 166 valence electrons. The monoisotopic (exact) mass is 441 g/mol. The second-order valence-electron chi connectivity index (χ2n) is 9.69. The molecule has 0 spiro atoms. The molecule has 0 heterocycles. The molecule has 0 saturated heterocycles. The van der Waals surface area contributed by atoms with Crippen LogP contribution < -0.4 is 0 Å². The quantitative estimate of drug-likeness (QED) is 0.279. The Morgan fingerprint density at radius 2 is 1.32 bits per heavy atom. The number of hydrogen-bond donors (Lipinski definition) is 0. The largest absolute Gasteiger partial charge is 0.374 e. The van der Waals surface area contributed by atoms with Gasteiger partial charge in [-0.05, 0) is 75.4 Å². The van der Waals surface area contributed by atoms with E-state index in [0.29, 0.717) is 6.42 Å². The molecule has 2 nitrogen and oxygen atoms in total. The number of benzene rings is 4. The fourth-order valence-corrected chi connectivity index (χ4v) is 6.08. The van der Waals surface area contributed by atoms with Crippen molar-refractivity contribution >= 4 is 0 Å². The molecule has 2 unspecified atom stereocenters. The lowest BCUT2D eigenvalue weighted by Crippen LogP contribution is -2.28. The minimum absolute atomic E-state index is 0.256. The maximum atomic E-state index is 10.4. The number of nitriles is 1. The molecule has 0 N–H and O–H groups in total. The van der Waals surface area contributed by atoms with E-state index in [0.717, 1.165) is 18.4 Å². The Hall–Kier alpha value is -3.67. The molecule has 4 aromatic rings. The van der Waals surface area contributed by atoms with E-state index >= 15 is 0 Å². The van der Waals surface area contributed by atoms with Crippen molar-refractivity contribution in [2.45, 2.75) is 37.7 Å². The first kappa shape index (κ1) is 20.9. The summed E-state index contributed by atoms with van der Waals surface area (Å²) in [5.41, 5.74) is 12.3. The van der Waals surface area contributed by atoms with Crippen molar-refractivity contribution in [2.75, 3.05) is 7.11 Å². The van der Waals surface area contributed by atoms with Gasteiger partial charge in [0, 0.05) is 13.5 Å². The van der Waals surface area contributed by atoms with Gasteiger partial charge >= 0.3 is 0 Å². The first-order valence-electron chi connectivity index (χ1n) is 12.0. The summed E-state index contributed by atoms with van der Waals surface area (Å²) in [6.07, 6.45) is 2.41. The summed E-state index contributed by atoms with van der Waals surface area (Å²) in [5, 5.41) is 10.4. The Balaban J connectivity index is 1.39. The predicted octanol–water partition coefficient (Wildman–Crippen LogP) is 7.39. The number of methoxy groups -OCH3 is 1. The van der Waals surface area contributed by atoms with Crippen LogP contribution in [0.4, 0.5) is 0 Å². The summed E-state index contributed by atoms with van der Waals surface area (Å²) in [6, 6.07) is 32.8. The second kappa shape index (κ2) is 7.97. The molecule has 0 aromatic heterocycles. The summed E-state index contributed by atoms with van der Waals surface area (Å²) < 4.78 is 6.23. The van der Waals surface area contributed by atoms with Crippen LogP contribution in [-0.4, -0.2) is 7.11 Å². The highest BCUT2D eigenvalue weighted by atomic mass is 16.5. The lowest BCUT2D eigenvalue weighted by Gasteiger charge is -2.33. The van der Waals surface area contributed by atoms with Crippen LogP contribution in [0.3, 0.4) is 0 Å². The van der Waals surface area contributed by atoms with Crippen LogP contribution >= 0.6 is 0 Å². The minimum atomic E-state index is -0.567. The van der Waals surface area contributed by atoms with Crippen LogP contribution in [0.2, 0.25) is 0 Å². The molecule has 34 heavy (non-hydrogen) atoms. The second-order valence-corrected chi connectivity index (χ2v) is 9.69. The van der Waals surface area contributed by atoms with Crippen molar-refractivity contribution in [1.29, 1.82) is 5.26 Å². The Morgan fingerprint density at radius 1 is 0.765 bits per heavy atom. The van der Waals surface area contributed by atoms with Crippen LogP contribution in [0.25, 0.3) is 22.3 Å². The van der Waals surface area contributed by atoms with Gasteiger partial charge in [0.2, 0.25) is 0 Å². The van der Waals surface area contributed by atoms with E-state index in [2.05, 4.69) is 97.9 Å². The number of rotatable bonds is 5. The lowest BCUT2D eigenvalue weighted by atomic mass is 9.79. The van der Waals surface area contributed by atoms with Gasteiger partial charge in [0.15, 0.2) is 0 Å². The molecule has 0 fully saturated rings. The summed E-state index contributed by atoms with van der Waals surface area (Å²) in [7, 11) is 1.78. The maximum Gasteiger partial charge on any atom is 0.0918 e. The molecular weight excluding hydrogens is 414 g/mol. The van der Waals surface area contributed by atoms with E-state index in [1.807, 2.05) is 0 Å². The lowest BCUT2D eigenvalue weighted by molar-refractivity contribution is -0.00848. The van der Waals surface area contributed by atoms with Crippen LogP contribution in [0.15, 0.2) is 84.9 Å². The summed E-state index contributed by atoms with van der Waals surface area (Å²) in [4.78, 5) is 0. The highest BCUT2D eigenvalue weighted by Gasteiger charge is 2.36. The van der Waals surface area contributed by atoms with Crippen LogP contribution in [-0.2, 0) is 23.2 Å². The predicted molar refractivity (Wildman–Crippen MR) is 137 cm³/mol. The molecule has 2 atom stereocenters. The molecule has 0 saturated carbocycles. The fraction of sp³-hybridized carbons (Fsp3) is 0.219. The topological polar surface area (TPSA) is 33.0 Å². The van der Waals surface area contributed by atoms with Crippen molar-refractivity contribution in [3.63, 3.8) is 0 Å². The van der Waals surface area contributed by atoms with Crippen molar-refractivity contribution in [2.24, 2.45) is 0 Å². The summed E-state index contributed by atoms with van der Waals surface area (Å²) >= 11 is 0. The molecule has 2 aliphatic carbocycles. The van der Waals surface area contributed by atoms with Gasteiger partial charge < -0.3 is 4.74 Å². The van der Waals surface area contributed by atoms with Crippen molar-refractivity contribution in [1.82, 2.24) is 0 Å². The van der Waals surface area contributed by atoms with Gasteiger partial charge in [-0.1, -0.05) is 84.9 Å². The zero-order chi connectivity index (χ0) is 23.3. The van der Waals surface area contributed by atoms with Crippen molar-refractivity contribution < 1.29 is 4.74 Å². The van der Waals surface area contributed by atoms with E-state index in [1.165, 1.54) is 50.1 Å². The van der Waals surface area contributed by atoms with E-state index < -0.39 is 5.60 Å². The zero-order valence-corrected chi connectivity index (χ0v) is 19.6. The van der Waals surface area contributed by atoms with Crippen molar-refractivity contribution in [3.8, 4) is 28.3 Å². The van der Waals surface area contributed by atoms with E-state index in [-0.39, 0.29) is 5.92 Å². The number of nitrogens with zero attached hydrogens (tertiary/aromatic N) is 1. The van der Waals surface area contributed by atoms with Gasteiger partial charge in [-0.3, -0.25) is 0 Å². The highest BCUT2D eigenvalue weighted by Crippen LogP contribution is 2.46. The van der Waals surface area contributed by atoms with Crippen LogP contribution in [0.1, 0.15) is 52.6 Å². The Labute approximate surface area is 201 Å². The van der Waals surface area contributed by atoms with Gasteiger partial charge in [0.25, 0.3) is 0 Å². The third-order valence-corrected chi connectivity index (χ3v) is 7.88. The minimum Gasteiger partial charge on any atom is -0.374 e. The number of ether oxygens (including phenoxy) is 1. The Morgan fingerprint density at radius 3 is 1.97 bits per heavy atom. The standard InChI is InChI=1S/C32H27NO/c1-32(34-2,31-16-8-15-28-25-12-6-4-10-22(25)18-30(28)31)19-23(20-33)26-13-7-14-27-24-11-5-3-9-21(24)17-29(26)27/h3-16,23H,17-19H2,1-2H3. The average molecular weight is 442 g/mol. The van der Waals surface area contributed by atoms with Gasteiger partial charge in [-0.25, -0.2) is 0 Å². The average Bonchev–Trinajstić information content (AvgIpc) is 3.45. The van der Waals surface area contributed by atoms with Gasteiger partial charge in [0.05, 0.1) is 17.6 Å². The van der Waals surface area contributed by atoms with Crippen molar-refractivity contribution in [3.05, 3.63) is 118 Å². The Kier molecular flexibility index (Phi) is 4.90. The molecule has 6 rings (SSSR count). The number of fused-ring (bicyclic) bond motifs is 6. The van der Waals surface area contributed by atoms with E-state index in [4.69, 9.17) is 4.74 Å². The molecule has 4 aromatic carbocycles. The van der Waals surface area contributed by atoms with E-state index in [9.17, 15) is 5.26 Å².